The number of nitrogens with one attached hydrogen (secondary N) is 1. The molecule has 1 aromatic heterocycles. The number of ether oxygens (including phenoxy) is 1. The number of anilines is 1. The first-order valence-electron chi connectivity index (χ1n) is 9.22. The second-order valence-corrected chi connectivity index (χ2v) is 7.17. The van der Waals surface area contributed by atoms with Crippen molar-refractivity contribution >= 4 is 28.3 Å². The SMILES string of the molecule is COC(=O)c1ccc(C2C[C@H]2C(=O)Nc2ccc3cncc(C(F)(F)F)c3c2)cc1. The number of pyridine rings is 1. The van der Waals surface area contributed by atoms with Gasteiger partial charge in [0.15, 0.2) is 0 Å². The Morgan fingerprint density at radius 1 is 1.10 bits per heavy atom. The van der Waals surface area contributed by atoms with E-state index in [9.17, 15) is 22.8 Å². The number of nitrogens with zero attached hydrogens (tertiary/aromatic N) is 1. The molecule has 1 aliphatic carbocycles. The Bertz CT molecular complexity index is 1130. The highest BCUT2D eigenvalue weighted by molar-refractivity contribution is 5.98. The van der Waals surface area contributed by atoms with Gasteiger partial charge >= 0.3 is 12.1 Å². The number of amides is 1. The number of fused-ring (bicyclic) bond motifs is 1. The van der Waals surface area contributed by atoms with E-state index < -0.39 is 17.7 Å². The van der Waals surface area contributed by atoms with Crippen molar-refractivity contribution in [1.82, 2.24) is 4.98 Å². The van der Waals surface area contributed by atoms with Gasteiger partial charge in [0.1, 0.15) is 0 Å². The van der Waals surface area contributed by atoms with Crippen molar-refractivity contribution < 1.29 is 27.5 Å². The molecule has 8 heteroatoms. The van der Waals surface area contributed by atoms with Crippen molar-refractivity contribution in [1.29, 1.82) is 0 Å². The second kappa shape index (κ2) is 7.44. The molecule has 1 fully saturated rings. The summed E-state index contributed by atoms with van der Waals surface area (Å²) in [6.07, 6.45) is -1.77. The van der Waals surface area contributed by atoms with Gasteiger partial charge in [-0.2, -0.15) is 13.2 Å². The minimum atomic E-state index is -4.53. The van der Waals surface area contributed by atoms with Crippen LogP contribution in [0.3, 0.4) is 0 Å². The largest absolute Gasteiger partial charge is 0.465 e. The fourth-order valence-corrected chi connectivity index (χ4v) is 3.54. The van der Waals surface area contributed by atoms with Gasteiger partial charge in [-0.25, -0.2) is 4.79 Å². The summed E-state index contributed by atoms with van der Waals surface area (Å²) in [7, 11) is 1.30. The second-order valence-electron chi connectivity index (χ2n) is 7.17. The van der Waals surface area contributed by atoms with E-state index in [0.717, 1.165) is 11.8 Å². The van der Waals surface area contributed by atoms with Gasteiger partial charge in [-0.05, 0) is 47.6 Å². The van der Waals surface area contributed by atoms with Crippen LogP contribution in [0.4, 0.5) is 18.9 Å². The molecule has 1 N–H and O–H groups in total. The summed E-state index contributed by atoms with van der Waals surface area (Å²) in [5.41, 5.74) is 0.808. The third-order valence-electron chi connectivity index (χ3n) is 5.22. The van der Waals surface area contributed by atoms with Crippen molar-refractivity contribution in [2.75, 3.05) is 12.4 Å². The minimum Gasteiger partial charge on any atom is -0.465 e. The smallest absolute Gasteiger partial charge is 0.418 e. The predicted molar refractivity (Wildman–Crippen MR) is 104 cm³/mol. The van der Waals surface area contributed by atoms with Gasteiger partial charge in [0.25, 0.3) is 0 Å². The third-order valence-corrected chi connectivity index (χ3v) is 5.22. The quantitative estimate of drug-likeness (QED) is 0.624. The van der Waals surface area contributed by atoms with E-state index in [2.05, 4.69) is 15.0 Å². The van der Waals surface area contributed by atoms with Crippen LogP contribution in [0.25, 0.3) is 10.8 Å². The molecule has 154 valence electrons. The van der Waals surface area contributed by atoms with Crippen LogP contribution in [0, 0.1) is 5.92 Å². The number of rotatable bonds is 4. The molecule has 2 aromatic carbocycles. The number of carbonyl (C=O) groups excluding carboxylic acids is 2. The summed E-state index contributed by atoms with van der Waals surface area (Å²) in [5, 5.41) is 3.04. The van der Waals surface area contributed by atoms with E-state index in [1.54, 1.807) is 30.3 Å². The highest BCUT2D eigenvalue weighted by atomic mass is 19.4. The summed E-state index contributed by atoms with van der Waals surface area (Å²) in [6.45, 7) is 0. The molecule has 1 saturated carbocycles. The number of methoxy groups -OCH3 is 1. The Morgan fingerprint density at radius 2 is 1.83 bits per heavy atom. The molecule has 0 aliphatic heterocycles. The molecular formula is C22H17F3N2O3. The Kier molecular flexibility index (Phi) is 4.93. The van der Waals surface area contributed by atoms with Crippen molar-refractivity contribution in [3.8, 4) is 0 Å². The van der Waals surface area contributed by atoms with Gasteiger partial charge in [-0.3, -0.25) is 9.78 Å². The van der Waals surface area contributed by atoms with E-state index in [0.29, 0.717) is 23.1 Å². The summed E-state index contributed by atoms with van der Waals surface area (Å²) in [6, 6.07) is 11.2. The molecule has 30 heavy (non-hydrogen) atoms. The monoisotopic (exact) mass is 414 g/mol. The van der Waals surface area contributed by atoms with Crippen LogP contribution in [0.1, 0.15) is 33.8 Å². The van der Waals surface area contributed by atoms with Gasteiger partial charge in [0, 0.05) is 29.4 Å². The first kappa shape index (κ1) is 19.9. The van der Waals surface area contributed by atoms with Gasteiger partial charge in [0.2, 0.25) is 5.91 Å². The number of benzene rings is 2. The lowest BCUT2D eigenvalue weighted by molar-refractivity contribution is -0.136. The number of carbonyl (C=O) groups is 2. The maximum Gasteiger partial charge on any atom is 0.418 e. The van der Waals surface area contributed by atoms with Crippen LogP contribution in [0.5, 0.6) is 0 Å². The minimum absolute atomic E-state index is 0.00656. The molecule has 1 heterocycles. The number of halogens is 3. The maximum atomic E-state index is 13.2. The Balaban J connectivity index is 1.48. The zero-order valence-electron chi connectivity index (χ0n) is 15.9. The molecule has 3 aromatic rings. The van der Waals surface area contributed by atoms with E-state index in [1.165, 1.54) is 25.4 Å². The van der Waals surface area contributed by atoms with Crippen molar-refractivity contribution in [2.24, 2.45) is 5.92 Å². The highest BCUT2D eigenvalue weighted by Crippen LogP contribution is 2.48. The van der Waals surface area contributed by atoms with Crippen molar-refractivity contribution in [3.05, 3.63) is 71.5 Å². The molecule has 0 spiro atoms. The lowest BCUT2D eigenvalue weighted by Crippen LogP contribution is -2.15. The first-order valence-corrected chi connectivity index (χ1v) is 9.22. The Labute approximate surface area is 169 Å². The van der Waals surface area contributed by atoms with Crippen LogP contribution >= 0.6 is 0 Å². The van der Waals surface area contributed by atoms with Crippen LogP contribution in [0.2, 0.25) is 0 Å². The van der Waals surface area contributed by atoms with E-state index in [-0.39, 0.29) is 23.1 Å². The molecule has 0 bridgehead atoms. The molecule has 4 rings (SSSR count). The zero-order valence-corrected chi connectivity index (χ0v) is 15.9. The number of hydrogen-bond acceptors (Lipinski definition) is 4. The number of aromatic nitrogens is 1. The summed E-state index contributed by atoms with van der Waals surface area (Å²) < 4.78 is 44.4. The average molecular weight is 414 g/mol. The van der Waals surface area contributed by atoms with E-state index in [4.69, 9.17) is 0 Å². The fraction of sp³-hybridized carbons (Fsp3) is 0.227. The standard InChI is InChI=1S/C22H17F3N2O3/c1-30-21(29)13-4-2-12(3-5-13)16-9-18(16)20(28)27-15-7-6-14-10-26-11-19(17(14)8-15)22(23,24)25/h2-8,10-11,16,18H,9H2,1H3,(H,27,28)/t16?,18-/m1/s1. The summed E-state index contributed by atoms with van der Waals surface area (Å²) in [5.74, 6) is -0.952. The molecule has 0 saturated heterocycles. The van der Waals surface area contributed by atoms with Crippen LogP contribution in [-0.2, 0) is 15.7 Å². The fourth-order valence-electron chi connectivity index (χ4n) is 3.54. The number of esters is 1. The van der Waals surface area contributed by atoms with Crippen LogP contribution in [0.15, 0.2) is 54.9 Å². The zero-order chi connectivity index (χ0) is 21.5. The van der Waals surface area contributed by atoms with Crippen molar-refractivity contribution in [3.63, 3.8) is 0 Å². The maximum absolute atomic E-state index is 13.2. The van der Waals surface area contributed by atoms with E-state index in [1.807, 2.05) is 0 Å². The molecular weight excluding hydrogens is 397 g/mol. The Hall–Kier alpha value is -3.42. The third kappa shape index (κ3) is 3.85. The molecule has 1 aliphatic rings. The number of alkyl halides is 3. The van der Waals surface area contributed by atoms with Crippen LogP contribution < -0.4 is 5.32 Å². The normalized spacial score (nSPS) is 18.1. The average Bonchev–Trinajstić information content (AvgIpc) is 3.53. The highest BCUT2D eigenvalue weighted by Gasteiger charge is 2.44. The molecule has 1 unspecified atom stereocenters. The Morgan fingerprint density at radius 3 is 2.50 bits per heavy atom. The van der Waals surface area contributed by atoms with Gasteiger partial charge in [-0.1, -0.05) is 18.2 Å². The lowest BCUT2D eigenvalue weighted by atomic mass is 10.1. The van der Waals surface area contributed by atoms with Crippen molar-refractivity contribution in [2.45, 2.75) is 18.5 Å². The number of hydrogen-bond donors (Lipinski definition) is 1. The van der Waals surface area contributed by atoms with Gasteiger partial charge in [-0.15, -0.1) is 0 Å². The first-order chi connectivity index (χ1) is 14.3. The molecule has 5 nitrogen and oxygen atoms in total. The molecule has 0 radical (unpaired) electrons. The van der Waals surface area contributed by atoms with E-state index >= 15 is 0 Å². The van der Waals surface area contributed by atoms with Gasteiger partial charge in [0.05, 0.1) is 18.2 Å². The van der Waals surface area contributed by atoms with Gasteiger partial charge < -0.3 is 10.1 Å². The predicted octanol–water partition coefficient (Wildman–Crippen LogP) is 4.78. The molecule has 1 amide bonds. The summed E-state index contributed by atoms with van der Waals surface area (Å²) >= 11 is 0. The topological polar surface area (TPSA) is 68.3 Å². The molecule has 2 atom stereocenters. The summed E-state index contributed by atoms with van der Waals surface area (Å²) in [4.78, 5) is 27.7. The lowest BCUT2D eigenvalue weighted by Gasteiger charge is -2.11. The van der Waals surface area contributed by atoms with Crippen LogP contribution in [-0.4, -0.2) is 24.0 Å².